The van der Waals surface area contributed by atoms with E-state index in [0.717, 1.165) is 16.1 Å². The molecule has 0 radical (unpaired) electrons. The molecular weight excluding hydrogens is 226 g/mol. The summed E-state index contributed by atoms with van der Waals surface area (Å²) in [5, 5.41) is 10.4. The third-order valence-electron chi connectivity index (χ3n) is 2.40. The SMILES string of the molecule is Cc1cc(OCC(C)(O)CN)cc(C)c1Cl. The van der Waals surface area contributed by atoms with Crippen LogP contribution in [0.15, 0.2) is 12.1 Å². The number of benzene rings is 1. The van der Waals surface area contributed by atoms with Crippen molar-refractivity contribution in [3.8, 4) is 5.75 Å². The molecule has 0 saturated heterocycles. The first kappa shape index (κ1) is 13.3. The number of rotatable bonds is 4. The first-order valence-corrected chi connectivity index (χ1v) is 5.55. The van der Waals surface area contributed by atoms with Crippen LogP contribution < -0.4 is 10.5 Å². The first-order valence-electron chi connectivity index (χ1n) is 5.18. The van der Waals surface area contributed by atoms with E-state index in [4.69, 9.17) is 22.1 Å². The zero-order chi connectivity index (χ0) is 12.3. The number of halogens is 1. The Hall–Kier alpha value is -0.770. The molecule has 0 amide bonds. The van der Waals surface area contributed by atoms with Crippen molar-refractivity contribution in [2.45, 2.75) is 26.4 Å². The normalized spacial score (nSPS) is 14.6. The minimum absolute atomic E-state index is 0.165. The van der Waals surface area contributed by atoms with E-state index >= 15 is 0 Å². The molecule has 1 unspecified atom stereocenters. The van der Waals surface area contributed by atoms with Crippen LogP contribution in [0, 0.1) is 13.8 Å². The molecule has 0 heterocycles. The summed E-state index contributed by atoms with van der Waals surface area (Å²) < 4.78 is 5.49. The quantitative estimate of drug-likeness (QED) is 0.851. The van der Waals surface area contributed by atoms with Gasteiger partial charge in [0.25, 0.3) is 0 Å². The molecule has 3 N–H and O–H groups in total. The average Bonchev–Trinajstić information content (AvgIpc) is 2.23. The summed E-state index contributed by atoms with van der Waals surface area (Å²) in [6, 6.07) is 3.70. The van der Waals surface area contributed by atoms with Gasteiger partial charge in [-0.1, -0.05) is 11.6 Å². The summed E-state index contributed by atoms with van der Waals surface area (Å²) >= 11 is 6.04. The maximum atomic E-state index is 9.70. The van der Waals surface area contributed by atoms with Crippen molar-refractivity contribution in [2.75, 3.05) is 13.2 Å². The van der Waals surface area contributed by atoms with Gasteiger partial charge in [-0.05, 0) is 44.0 Å². The van der Waals surface area contributed by atoms with Crippen molar-refractivity contribution >= 4 is 11.6 Å². The molecule has 1 atom stereocenters. The fourth-order valence-corrected chi connectivity index (χ4v) is 1.40. The molecule has 4 heteroatoms. The molecule has 0 spiro atoms. The zero-order valence-corrected chi connectivity index (χ0v) is 10.6. The molecule has 3 nitrogen and oxygen atoms in total. The highest BCUT2D eigenvalue weighted by molar-refractivity contribution is 6.32. The van der Waals surface area contributed by atoms with E-state index in [2.05, 4.69) is 0 Å². The van der Waals surface area contributed by atoms with Crippen molar-refractivity contribution < 1.29 is 9.84 Å². The van der Waals surface area contributed by atoms with Crippen LogP contribution in [0.25, 0.3) is 0 Å². The molecule has 0 aliphatic rings. The third-order valence-corrected chi connectivity index (χ3v) is 3.00. The molecular formula is C12H18ClNO2. The van der Waals surface area contributed by atoms with Crippen LogP contribution in [-0.4, -0.2) is 23.9 Å². The molecule has 1 rings (SSSR count). The highest BCUT2D eigenvalue weighted by Crippen LogP contribution is 2.26. The van der Waals surface area contributed by atoms with Gasteiger partial charge in [0.2, 0.25) is 0 Å². The highest BCUT2D eigenvalue weighted by Gasteiger charge is 2.19. The van der Waals surface area contributed by atoms with Crippen molar-refractivity contribution in [2.24, 2.45) is 5.73 Å². The molecule has 0 aliphatic heterocycles. The Balaban J connectivity index is 2.76. The van der Waals surface area contributed by atoms with E-state index in [9.17, 15) is 5.11 Å². The number of aliphatic hydroxyl groups is 1. The maximum absolute atomic E-state index is 9.70. The van der Waals surface area contributed by atoms with Gasteiger partial charge < -0.3 is 15.6 Å². The predicted molar refractivity (Wildman–Crippen MR) is 66.1 cm³/mol. The monoisotopic (exact) mass is 243 g/mol. The van der Waals surface area contributed by atoms with E-state index in [1.807, 2.05) is 26.0 Å². The number of hydrogen-bond donors (Lipinski definition) is 2. The Labute approximate surface area is 101 Å². The van der Waals surface area contributed by atoms with E-state index < -0.39 is 5.60 Å². The Morgan fingerprint density at radius 3 is 2.31 bits per heavy atom. The highest BCUT2D eigenvalue weighted by atomic mass is 35.5. The van der Waals surface area contributed by atoms with Crippen LogP contribution in [0.1, 0.15) is 18.1 Å². The number of ether oxygens (including phenoxy) is 1. The summed E-state index contributed by atoms with van der Waals surface area (Å²) in [4.78, 5) is 0. The van der Waals surface area contributed by atoms with Crippen molar-refractivity contribution in [3.63, 3.8) is 0 Å². The molecule has 90 valence electrons. The Bertz CT molecular complexity index is 354. The maximum Gasteiger partial charge on any atom is 0.120 e. The molecule has 0 fully saturated rings. The molecule has 0 saturated carbocycles. The Morgan fingerprint density at radius 2 is 1.88 bits per heavy atom. The van der Waals surface area contributed by atoms with Gasteiger partial charge >= 0.3 is 0 Å². The molecule has 1 aromatic carbocycles. The second-order valence-corrected chi connectivity index (χ2v) is 4.74. The Morgan fingerprint density at radius 1 is 1.38 bits per heavy atom. The average molecular weight is 244 g/mol. The van der Waals surface area contributed by atoms with Crippen molar-refractivity contribution in [1.29, 1.82) is 0 Å². The third kappa shape index (κ3) is 3.37. The fourth-order valence-electron chi connectivity index (χ4n) is 1.29. The summed E-state index contributed by atoms with van der Waals surface area (Å²) in [7, 11) is 0. The minimum atomic E-state index is -0.999. The van der Waals surface area contributed by atoms with Crippen molar-refractivity contribution in [1.82, 2.24) is 0 Å². The van der Waals surface area contributed by atoms with Gasteiger partial charge in [0.1, 0.15) is 18.0 Å². The van der Waals surface area contributed by atoms with Crippen LogP contribution in [0.2, 0.25) is 5.02 Å². The molecule has 1 aromatic rings. The fraction of sp³-hybridized carbons (Fsp3) is 0.500. The van der Waals surface area contributed by atoms with Crippen molar-refractivity contribution in [3.05, 3.63) is 28.3 Å². The van der Waals surface area contributed by atoms with E-state index in [-0.39, 0.29) is 13.2 Å². The van der Waals surface area contributed by atoms with E-state index in [1.54, 1.807) is 6.92 Å². The van der Waals surface area contributed by atoms with Crippen LogP contribution in [-0.2, 0) is 0 Å². The second kappa shape index (κ2) is 5.04. The lowest BCUT2D eigenvalue weighted by Crippen LogP contribution is -2.40. The van der Waals surface area contributed by atoms with Gasteiger partial charge in [-0.2, -0.15) is 0 Å². The second-order valence-electron chi connectivity index (χ2n) is 4.36. The van der Waals surface area contributed by atoms with Gasteiger partial charge in [0.05, 0.1) is 0 Å². The van der Waals surface area contributed by atoms with Gasteiger partial charge in [0.15, 0.2) is 0 Å². The molecule has 0 bridgehead atoms. The van der Waals surface area contributed by atoms with Gasteiger partial charge in [-0.3, -0.25) is 0 Å². The van der Waals surface area contributed by atoms with Gasteiger partial charge in [0, 0.05) is 11.6 Å². The molecule has 0 aromatic heterocycles. The lowest BCUT2D eigenvalue weighted by molar-refractivity contribution is 0.0195. The minimum Gasteiger partial charge on any atom is -0.491 e. The van der Waals surface area contributed by atoms with Gasteiger partial charge in [-0.25, -0.2) is 0 Å². The zero-order valence-electron chi connectivity index (χ0n) is 9.88. The summed E-state index contributed by atoms with van der Waals surface area (Å²) in [6.45, 7) is 5.82. The largest absolute Gasteiger partial charge is 0.491 e. The summed E-state index contributed by atoms with van der Waals surface area (Å²) in [5.74, 6) is 0.702. The van der Waals surface area contributed by atoms with Crippen LogP contribution in [0.3, 0.4) is 0 Å². The van der Waals surface area contributed by atoms with Gasteiger partial charge in [-0.15, -0.1) is 0 Å². The standard InChI is InChI=1S/C12H18ClNO2/c1-8-4-10(5-9(2)11(8)13)16-7-12(3,15)6-14/h4-5,15H,6-7,14H2,1-3H3. The molecule has 0 aliphatic carbocycles. The summed E-state index contributed by atoms with van der Waals surface area (Å²) in [5.41, 5.74) is 6.33. The molecule has 16 heavy (non-hydrogen) atoms. The topological polar surface area (TPSA) is 55.5 Å². The van der Waals surface area contributed by atoms with Crippen LogP contribution in [0.5, 0.6) is 5.75 Å². The smallest absolute Gasteiger partial charge is 0.120 e. The van der Waals surface area contributed by atoms with Crippen LogP contribution in [0.4, 0.5) is 0 Å². The Kier molecular flexibility index (Phi) is 4.19. The lowest BCUT2D eigenvalue weighted by atomic mass is 10.1. The number of aryl methyl sites for hydroxylation is 2. The number of hydrogen-bond acceptors (Lipinski definition) is 3. The van der Waals surface area contributed by atoms with Crippen LogP contribution >= 0.6 is 11.6 Å². The first-order chi connectivity index (χ1) is 7.35. The van der Waals surface area contributed by atoms with E-state index in [0.29, 0.717) is 5.75 Å². The predicted octanol–water partition coefficient (Wildman–Crippen LogP) is 2.05. The summed E-state index contributed by atoms with van der Waals surface area (Å²) in [6.07, 6.45) is 0. The lowest BCUT2D eigenvalue weighted by Gasteiger charge is -2.21. The number of nitrogens with two attached hydrogens (primary N) is 1. The van der Waals surface area contributed by atoms with E-state index in [1.165, 1.54) is 0 Å².